The molecule has 2 rings (SSSR count). The van der Waals surface area contributed by atoms with Crippen molar-refractivity contribution in [3.8, 4) is 0 Å². The highest BCUT2D eigenvalue weighted by atomic mass is 16.7. The highest BCUT2D eigenvalue weighted by Gasteiger charge is 2.55. The van der Waals surface area contributed by atoms with Gasteiger partial charge in [-0.15, -0.1) is 0 Å². The van der Waals surface area contributed by atoms with Gasteiger partial charge in [0.25, 0.3) is 0 Å². The van der Waals surface area contributed by atoms with E-state index in [1.165, 1.54) is 6.92 Å². The third-order valence-corrected chi connectivity index (χ3v) is 4.74. The Morgan fingerprint density at radius 1 is 0.962 bits per heavy atom. The van der Waals surface area contributed by atoms with E-state index in [2.05, 4.69) is 0 Å². The summed E-state index contributed by atoms with van der Waals surface area (Å²) in [5, 5.41) is 78.6. The molecule has 12 heteroatoms. The molecule has 11 atom stereocenters. The van der Waals surface area contributed by atoms with E-state index in [0.717, 1.165) is 0 Å². The van der Waals surface area contributed by atoms with E-state index in [0.29, 0.717) is 0 Å². The van der Waals surface area contributed by atoms with E-state index in [-0.39, 0.29) is 0 Å². The zero-order valence-corrected chi connectivity index (χ0v) is 14.1. The lowest BCUT2D eigenvalue weighted by molar-refractivity contribution is -0.366. The Hall–Kier alpha value is -0.480. The second-order valence-corrected chi connectivity index (χ2v) is 6.65. The van der Waals surface area contributed by atoms with Crippen LogP contribution in [0.4, 0.5) is 0 Å². The van der Waals surface area contributed by atoms with Crippen molar-refractivity contribution in [2.24, 2.45) is 5.73 Å². The molecule has 12 nitrogen and oxygen atoms in total. The van der Waals surface area contributed by atoms with Crippen molar-refractivity contribution in [2.75, 3.05) is 13.2 Å². The quantitative estimate of drug-likeness (QED) is 0.216. The lowest BCUT2D eigenvalue weighted by atomic mass is 9.89. The lowest BCUT2D eigenvalue weighted by Crippen LogP contribution is -2.70. The first-order valence-corrected chi connectivity index (χ1v) is 8.16. The summed E-state index contributed by atoms with van der Waals surface area (Å²) in [6.07, 6.45) is -14.3. The van der Waals surface area contributed by atoms with Crippen LogP contribution in [-0.4, -0.2) is 121 Å². The van der Waals surface area contributed by atoms with Crippen LogP contribution in [-0.2, 0) is 14.2 Å². The Kier molecular flexibility index (Phi) is 6.93. The number of hydrogen-bond acceptors (Lipinski definition) is 12. The van der Waals surface area contributed by atoms with Crippen LogP contribution in [0, 0.1) is 0 Å². The van der Waals surface area contributed by atoms with Gasteiger partial charge in [0.15, 0.2) is 6.29 Å². The van der Waals surface area contributed by atoms with Gasteiger partial charge in [-0.25, -0.2) is 0 Å². The Balaban J connectivity index is 2.05. The molecule has 2 fully saturated rings. The monoisotopic (exact) mass is 385 g/mol. The van der Waals surface area contributed by atoms with Crippen LogP contribution in [0.3, 0.4) is 0 Å². The third-order valence-electron chi connectivity index (χ3n) is 4.74. The van der Waals surface area contributed by atoms with Crippen LogP contribution in [0.5, 0.6) is 0 Å². The summed E-state index contributed by atoms with van der Waals surface area (Å²) < 4.78 is 15.6. The van der Waals surface area contributed by atoms with Crippen LogP contribution >= 0.6 is 0 Å². The molecule has 1 unspecified atom stereocenters. The zero-order valence-electron chi connectivity index (χ0n) is 14.1. The SMILES string of the molecule is CC(N)[C@@]1(O)O[C@H](CO[C@H]2O[C@H](CO)[C@@H](O)[C@H](O)[C@H]2O)[C@@H](O)[C@H](O)[C@H]1O. The van der Waals surface area contributed by atoms with Crippen molar-refractivity contribution >= 4 is 0 Å². The van der Waals surface area contributed by atoms with E-state index < -0.39 is 80.2 Å². The average Bonchev–Trinajstić information content (AvgIpc) is 2.61. The van der Waals surface area contributed by atoms with Crippen molar-refractivity contribution in [1.29, 1.82) is 0 Å². The molecule has 0 saturated carbocycles. The molecule has 154 valence electrons. The summed E-state index contributed by atoms with van der Waals surface area (Å²) in [4.78, 5) is 0. The van der Waals surface area contributed by atoms with Crippen molar-refractivity contribution in [3.05, 3.63) is 0 Å². The van der Waals surface area contributed by atoms with Crippen molar-refractivity contribution < 1.29 is 55.1 Å². The molecule has 0 aromatic heterocycles. The lowest BCUT2D eigenvalue weighted by Gasteiger charge is -2.48. The van der Waals surface area contributed by atoms with Crippen molar-refractivity contribution in [3.63, 3.8) is 0 Å². The molecule has 0 amide bonds. The molecule has 2 heterocycles. The highest BCUT2D eigenvalue weighted by molar-refractivity contribution is 4.99. The molecule has 10 N–H and O–H groups in total. The topological polar surface area (TPSA) is 216 Å². The first kappa shape index (κ1) is 21.8. The Labute approximate surface area is 149 Å². The molecule has 0 aliphatic carbocycles. The minimum absolute atomic E-state index is 0.539. The molecular formula is C14H27NO11. The van der Waals surface area contributed by atoms with Crippen molar-refractivity contribution in [1.82, 2.24) is 0 Å². The van der Waals surface area contributed by atoms with Crippen LogP contribution < -0.4 is 5.73 Å². The van der Waals surface area contributed by atoms with Gasteiger partial charge in [-0.05, 0) is 6.92 Å². The van der Waals surface area contributed by atoms with Crippen LogP contribution in [0.25, 0.3) is 0 Å². The molecule has 0 spiro atoms. The fourth-order valence-corrected chi connectivity index (χ4v) is 2.94. The predicted molar refractivity (Wildman–Crippen MR) is 81.2 cm³/mol. The molecule has 2 aliphatic heterocycles. The zero-order chi connectivity index (χ0) is 19.8. The van der Waals surface area contributed by atoms with Gasteiger partial charge in [0.2, 0.25) is 5.79 Å². The summed E-state index contributed by atoms with van der Waals surface area (Å²) in [5.41, 5.74) is 5.57. The molecule has 26 heavy (non-hydrogen) atoms. The molecule has 0 radical (unpaired) electrons. The largest absolute Gasteiger partial charge is 0.394 e. The van der Waals surface area contributed by atoms with E-state index in [1.54, 1.807) is 0 Å². The maximum atomic E-state index is 10.3. The second kappa shape index (κ2) is 8.26. The van der Waals surface area contributed by atoms with Crippen molar-refractivity contribution in [2.45, 2.75) is 73.9 Å². The molecule has 0 aromatic carbocycles. The van der Waals surface area contributed by atoms with E-state index >= 15 is 0 Å². The summed E-state index contributed by atoms with van der Waals surface area (Å²) in [6.45, 7) is 0.133. The number of ether oxygens (including phenoxy) is 3. The number of hydrogen-bond donors (Lipinski definition) is 9. The van der Waals surface area contributed by atoms with Gasteiger partial charge < -0.3 is 60.8 Å². The maximum absolute atomic E-state index is 10.3. The van der Waals surface area contributed by atoms with Crippen LogP contribution in [0.2, 0.25) is 0 Å². The van der Waals surface area contributed by atoms with Gasteiger partial charge in [-0.2, -0.15) is 0 Å². The number of rotatable bonds is 5. The normalized spacial score (nSPS) is 51.2. The Bertz CT molecular complexity index is 466. The fourth-order valence-electron chi connectivity index (χ4n) is 2.94. The standard InChI is InChI=1S/C14H27NO11/c1-4(15)14(23)12(22)10(20)8(18)6(26-14)3-24-13-11(21)9(19)7(17)5(2-16)25-13/h4-13,16-23H,2-3,15H2,1H3/t4?,5-,6-,7-,8-,9+,10+,11-,12-,13+,14-/m1/s1. The van der Waals surface area contributed by atoms with Gasteiger partial charge in [-0.3, -0.25) is 0 Å². The highest BCUT2D eigenvalue weighted by Crippen LogP contribution is 2.31. The van der Waals surface area contributed by atoms with Gasteiger partial charge in [0.1, 0.15) is 48.8 Å². The van der Waals surface area contributed by atoms with Gasteiger partial charge in [0.05, 0.1) is 19.3 Å². The minimum Gasteiger partial charge on any atom is -0.394 e. The van der Waals surface area contributed by atoms with Crippen LogP contribution in [0.15, 0.2) is 0 Å². The Morgan fingerprint density at radius 2 is 1.54 bits per heavy atom. The smallest absolute Gasteiger partial charge is 0.210 e. The predicted octanol–water partition coefficient (Wildman–Crippen LogP) is -5.68. The summed E-state index contributed by atoms with van der Waals surface area (Å²) in [5.74, 6) is -2.36. The number of aliphatic hydroxyl groups is 8. The molecule has 0 bridgehead atoms. The summed E-state index contributed by atoms with van der Waals surface area (Å²) >= 11 is 0. The number of aliphatic hydroxyl groups excluding tert-OH is 7. The molecule has 0 aromatic rings. The van der Waals surface area contributed by atoms with Gasteiger partial charge in [-0.1, -0.05) is 0 Å². The van der Waals surface area contributed by atoms with Gasteiger partial charge >= 0.3 is 0 Å². The van der Waals surface area contributed by atoms with Gasteiger partial charge in [0, 0.05) is 0 Å². The maximum Gasteiger partial charge on any atom is 0.210 e. The second-order valence-electron chi connectivity index (χ2n) is 6.65. The first-order valence-electron chi connectivity index (χ1n) is 8.16. The number of nitrogens with two attached hydrogens (primary N) is 1. The van der Waals surface area contributed by atoms with Crippen LogP contribution in [0.1, 0.15) is 6.92 Å². The summed E-state index contributed by atoms with van der Waals surface area (Å²) in [7, 11) is 0. The molecular weight excluding hydrogens is 358 g/mol. The van der Waals surface area contributed by atoms with E-state index in [4.69, 9.17) is 25.1 Å². The Morgan fingerprint density at radius 3 is 2.08 bits per heavy atom. The van der Waals surface area contributed by atoms with E-state index in [9.17, 15) is 35.7 Å². The molecule has 2 aliphatic rings. The fraction of sp³-hybridized carbons (Fsp3) is 1.00. The average molecular weight is 385 g/mol. The summed E-state index contributed by atoms with van der Waals surface area (Å²) in [6, 6.07) is -1.13. The first-order chi connectivity index (χ1) is 12.0. The van der Waals surface area contributed by atoms with E-state index in [1.807, 2.05) is 0 Å². The molecule has 2 saturated heterocycles. The minimum atomic E-state index is -2.36. The third kappa shape index (κ3) is 3.87.